The normalized spacial score (nSPS) is 13.7. The predicted molar refractivity (Wildman–Crippen MR) is 238 cm³/mol. The van der Waals surface area contributed by atoms with Crippen LogP contribution in [-0.4, -0.2) is 8.80 Å². The van der Waals surface area contributed by atoms with Crippen molar-refractivity contribution in [3.63, 3.8) is 0 Å². The van der Waals surface area contributed by atoms with Crippen LogP contribution >= 0.6 is 11.8 Å². The smallest absolute Gasteiger partial charge is 0.155 e. The lowest BCUT2D eigenvalue weighted by Crippen LogP contribution is -2.62. The van der Waals surface area contributed by atoms with Crippen LogP contribution in [0.2, 0.25) is 0 Å². The Morgan fingerprint density at radius 1 is 0.393 bits per heavy atom. The minimum absolute atomic E-state index is 0.496. The monoisotopic (exact) mass is 746 g/mol. The molecule has 1 nitrogen and oxygen atoms in total. The van der Waals surface area contributed by atoms with Crippen LogP contribution < -0.4 is 20.5 Å². The molecule has 0 fully saturated rings. The van der Waals surface area contributed by atoms with E-state index in [1.54, 1.807) is 0 Å². The zero-order valence-corrected chi connectivity index (χ0v) is 32.5. The van der Waals surface area contributed by atoms with E-state index in [9.17, 15) is 0 Å². The second-order valence-electron chi connectivity index (χ2n) is 14.6. The number of para-hydroxylation sites is 1. The molecule has 0 aliphatic carbocycles. The highest BCUT2D eigenvalue weighted by Gasteiger charge is 2.51. The fourth-order valence-corrected chi connectivity index (χ4v) is 13.5. The zero-order valence-electron chi connectivity index (χ0n) is 30.6. The molecular formula is C53H36NSSi. The van der Waals surface area contributed by atoms with Crippen LogP contribution in [0.5, 0.6) is 0 Å². The van der Waals surface area contributed by atoms with E-state index in [0.29, 0.717) is 0 Å². The van der Waals surface area contributed by atoms with E-state index in [2.05, 4.69) is 223 Å². The Morgan fingerprint density at radius 3 is 1.70 bits per heavy atom. The van der Waals surface area contributed by atoms with Gasteiger partial charge in [-0.05, 0) is 103 Å². The second-order valence-corrected chi connectivity index (χ2v) is 18.1. The molecule has 1 spiro atoms. The lowest BCUT2D eigenvalue weighted by Gasteiger charge is -2.48. The van der Waals surface area contributed by atoms with E-state index in [0.717, 1.165) is 17.1 Å². The van der Waals surface area contributed by atoms with E-state index in [1.807, 2.05) is 11.8 Å². The van der Waals surface area contributed by atoms with Crippen LogP contribution in [0.25, 0.3) is 21.9 Å². The van der Waals surface area contributed by atoms with E-state index >= 15 is 0 Å². The number of anilines is 3. The summed E-state index contributed by atoms with van der Waals surface area (Å²) in [5.41, 5.74) is 10.8. The van der Waals surface area contributed by atoms with Gasteiger partial charge >= 0.3 is 0 Å². The molecule has 0 atom stereocenters. The molecule has 263 valence electrons. The lowest BCUT2D eigenvalue weighted by atomic mass is 9.64. The molecule has 0 amide bonds. The predicted octanol–water partition coefficient (Wildman–Crippen LogP) is 11.7. The number of hydrogen-bond donors (Lipinski definition) is 0. The highest BCUT2D eigenvalue weighted by molar-refractivity contribution is 7.99. The number of benzene rings is 9. The molecular weight excluding hydrogens is 711 g/mol. The summed E-state index contributed by atoms with van der Waals surface area (Å²) in [5.74, 6) is 0. The van der Waals surface area contributed by atoms with Crippen molar-refractivity contribution < 1.29 is 0 Å². The Labute approximate surface area is 334 Å². The molecule has 0 saturated heterocycles. The van der Waals surface area contributed by atoms with Gasteiger partial charge in [-0.2, -0.15) is 0 Å². The molecule has 11 rings (SSSR count). The second kappa shape index (κ2) is 13.4. The SMILES string of the molecule is c1ccc(N(c2ccc(-c3cccc4ccccc34)cc2)c2ccc3c(c2)C2(c4ccccc4Sc4ccccc42)c2ccccc2[Si]3c2ccccc2)cc1. The Kier molecular flexibility index (Phi) is 7.90. The van der Waals surface area contributed by atoms with Crippen molar-refractivity contribution >= 4 is 64.0 Å². The fraction of sp³-hybridized carbons (Fsp3) is 0.0189. The van der Waals surface area contributed by atoms with E-state index in [-0.39, 0.29) is 0 Å². The Morgan fingerprint density at radius 2 is 0.946 bits per heavy atom. The third-order valence-corrected chi connectivity index (χ3v) is 15.7. The average Bonchev–Trinajstić information content (AvgIpc) is 3.27. The molecule has 9 aromatic carbocycles. The Bertz CT molecular complexity index is 2850. The molecule has 2 heterocycles. The first-order chi connectivity index (χ1) is 27.8. The number of nitrogens with zero attached hydrogens (tertiary/aromatic N) is 1. The highest BCUT2D eigenvalue weighted by Crippen LogP contribution is 2.56. The standard InChI is InChI=1S/C53H36NSSi/c1-3-18-39(19-4-1)54(40-32-30-38(31-33-40)44-23-15-17-37-16-7-8-22-43(37)44)41-34-35-52-48(36-41)53(45-24-9-12-27-49(45)55-50-28-13-10-25-46(50)53)47-26-11-14-29-51(47)56(52)42-20-5-2-6-21-42/h1-36H. The van der Waals surface area contributed by atoms with Crippen molar-refractivity contribution in [3.8, 4) is 11.1 Å². The summed E-state index contributed by atoms with van der Waals surface area (Å²) < 4.78 is 0. The maximum absolute atomic E-state index is 2.54. The summed E-state index contributed by atoms with van der Waals surface area (Å²) in [5, 5.41) is 6.84. The third-order valence-electron chi connectivity index (χ3n) is 11.6. The van der Waals surface area contributed by atoms with Crippen LogP contribution in [0.3, 0.4) is 0 Å². The van der Waals surface area contributed by atoms with Gasteiger partial charge in [0.1, 0.15) is 0 Å². The maximum Gasteiger partial charge on any atom is 0.155 e. The minimum Gasteiger partial charge on any atom is -0.310 e. The van der Waals surface area contributed by atoms with Gasteiger partial charge in [0, 0.05) is 26.9 Å². The molecule has 9 aromatic rings. The van der Waals surface area contributed by atoms with Crippen molar-refractivity contribution in [1.29, 1.82) is 0 Å². The third kappa shape index (κ3) is 5.08. The van der Waals surface area contributed by atoms with E-state index < -0.39 is 14.2 Å². The number of fused-ring (bicyclic) bond motifs is 9. The highest BCUT2D eigenvalue weighted by atomic mass is 32.2. The molecule has 0 aromatic heterocycles. The number of hydrogen-bond acceptors (Lipinski definition) is 2. The number of rotatable bonds is 5. The Balaban J connectivity index is 1.17. The van der Waals surface area contributed by atoms with Gasteiger partial charge in [-0.3, -0.25) is 0 Å². The summed E-state index contributed by atoms with van der Waals surface area (Å²) >= 11 is 1.90. The molecule has 2 aliphatic rings. The molecule has 0 N–H and O–H groups in total. The average molecular weight is 747 g/mol. The van der Waals surface area contributed by atoms with Gasteiger partial charge in [-0.15, -0.1) is 0 Å². The topological polar surface area (TPSA) is 3.24 Å². The van der Waals surface area contributed by atoms with Gasteiger partial charge in [0.25, 0.3) is 0 Å². The molecule has 0 saturated carbocycles. The summed E-state index contributed by atoms with van der Waals surface area (Å²) in [7, 11) is -1.37. The van der Waals surface area contributed by atoms with Crippen molar-refractivity contribution in [2.45, 2.75) is 15.2 Å². The molecule has 1 radical (unpaired) electrons. The van der Waals surface area contributed by atoms with Gasteiger partial charge in [0.05, 0.1) is 5.41 Å². The van der Waals surface area contributed by atoms with Crippen LogP contribution in [0.1, 0.15) is 22.3 Å². The molecule has 2 aliphatic heterocycles. The first-order valence-corrected chi connectivity index (χ1v) is 21.6. The van der Waals surface area contributed by atoms with Gasteiger partial charge in [-0.25, -0.2) is 0 Å². The summed E-state index contributed by atoms with van der Waals surface area (Å²) in [4.78, 5) is 5.07. The first-order valence-electron chi connectivity index (χ1n) is 19.3. The van der Waals surface area contributed by atoms with E-state index in [4.69, 9.17) is 0 Å². The quantitative estimate of drug-likeness (QED) is 0.161. The molecule has 3 heteroatoms. The van der Waals surface area contributed by atoms with Crippen LogP contribution in [-0.2, 0) is 5.41 Å². The van der Waals surface area contributed by atoms with Gasteiger partial charge in [0.2, 0.25) is 0 Å². The molecule has 0 bridgehead atoms. The van der Waals surface area contributed by atoms with Crippen molar-refractivity contribution in [2.75, 3.05) is 4.90 Å². The van der Waals surface area contributed by atoms with Gasteiger partial charge in [0.15, 0.2) is 8.80 Å². The minimum atomic E-state index is -1.37. The van der Waals surface area contributed by atoms with Gasteiger partial charge in [-0.1, -0.05) is 187 Å². The van der Waals surface area contributed by atoms with Crippen molar-refractivity contribution in [3.05, 3.63) is 241 Å². The van der Waals surface area contributed by atoms with E-state index in [1.165, 1.54) is 69.5 Å². The zero-order chi connectivity index (χ0) is 37.1. The summed E-state index contributed by atoms with van der Waals surface area (Å²) in [6.45, 7) is 0. The maximum atomic E-state index is 2.54. The van der Waals surface area contributed by atoms with Crippen molar-refractivity contribution in [1.82, 2.24) is 0 Å². The van der Waals surface area contributed by atoms with Crippen molar-refractivity contribution in [2.24, 2.45) is 0 Å². The largest absolute Gasteiger partial charge is 0.310 e. The fourth-order valence-electron chi connectivity index (χ4n) is 9.30. The lowest BCUT2D eigenvalue weighted by molar-refractivity contribution is 0.708. The Hall–Kier alpha value is -6.39. The van der Waals surface area contributed by atoms with Gasteiger partial charge < -0.3 is 4.90 Å². The molecule has 56 heavy (non-hydrogen) atoms. The van der Waals surface area contributed by atoms with Crippen LogP contribution in [0.4, 0.5) is 17.1 Å². The first kappa shape index (κ1) is 33.0. The van der Waals surface area contributed by atoms with Crippen LogP contribution in [0.15, 0.2) is 228 Å². The molecule has 0 unspecified atom stereocenters. The summed E-state index contributed by atoms with van der Waals surface area (Å²) in [6, 6.07) is 81.4. The van der Waals surface area contributed by atoms with Crippen LogP contribution in [0, 0.1) is 0 Å². The summed E-state index contributed by atoms with van der Waals surface area (Å²) in [6.07, 6.45) is 0.